The largest absolute Gasteiger partial charge is 0.310 e. The second-order valence-electron chi connectivity index (χ2n) is 4.93. The third-order valence-electron chi connectivity index (χ3n) is 2.98. The van der Waals surface area contributed by atoms with Crippen LogP contribution < -0.4 is 5.32 Å². The summed E-state index contributed by atoms with van der Waals surface area (Å²) in [7, 11) is 4.24. The van der Waals surface area contributed by atoms with Crippen molar-refractivity contribution in [2.45, 2.75) is 32.9 Å². The molecule has 0 unspecified atom stereocenters. The van der Waals surface area contributed by atoms with Crippen LogP contribution >= 0.6 is 27.3 Å². The monoisotopic (exact) mass is 304 g/mol. The summed E-state index contributed by atoms with van der Waals surface area (Å²) < 4.78 is 1.22. The van der Waals surface area contributed by atoms with Gasteiger partial charge >= 0.3 is 0 Å². The van der Waals surface area contributed by atoms with Crippen molar-refractivity contribution in [2.24, 2.45) is 0 Å². The van der Waals surface area contributed by atoms with E-state index in [0.29, 0.717) is 0 Å². The third-order valence-corrected chi connectivity index (χ3v) is 5.11. The molecule has 1 aromatic heterocycles. The van der Waals surface area contributed by atoms with Crippen molar-refractivity contribution < 1.29 is 0 Å². The molecule has 0 spiro atoms. The van der Waals surface area contributed by atoms with Gasteiger partial charge < -0.3 is 10.2 Å². The molecule has 0 bridgehead atoms. The summed E-state index contributed by atoms with van der Waals surface area (Å²) in [6.07, 6.45) is 0. The highest BCUT2D eigenvalue weighted by atomic mass is 79.9. The SMILES string of the molecule is Cc1sc(CNCC(C)(C)N(C)C)cc1Br. The molecular formula is C12H21BrN2S. The molecule has 0 saturated carbocycles. The van der Waals surface area contributed by atoms with Gasteiger partial charge in [-0.3, -0.25) is 0 Å². The van der Waals surface area contributed by atoms with Gasteiger partial charge in [-0.05, 0) is 56.9 Å². The van der Waals surface area contributed by atoms with Gasteiger partial charge in [-0.1, -0.05) is 0 Å². The Morgan fingerprint density at radius 2 is 2.06 bits per heavy atom. The van der Waals surface area contributed by atoms with E-state index in [1.807, 2.05) is 11.3 Å². The molecule has 16 heavy (non-hydrogen) atoms. The maximum Gasteiger partial charge on any atom is 0.0314 e. The van der Waals surface area contributed by atoms with Crippen LogP contribution in [0, 0.1) is 6.92 Å². The van der Waals surface area contributed by atoms with E-state index in [2.05, 4.69) is 67.1 Å². The topological polar surface area (TPSA) is 15.3 Å². The Morgan fingerprint density at radius 3 is 2.50 bits per heavy atom. The molecule has 0 fully saturated rings. The molecule has 0 radical (unpaired) electrons. The van der Waals surface area contributed by atoms with E-state index in [4.69, 9.17) is 0 Å². The van der Waals surface area contributed by atoms with Crippen molar-refractivity contribution in [1.82, 2.24) is 10.2 Å². The molecular weight excluding hydrogens is 284 g/mol. The molecule has 0 atom stereocenters. The molecule has 1 aromatic rings. The van der Waals surface area contributed by atoms with E-state index in [1.165, 1.54) is 14.2 Å². The Labute approximate surface area is 111 Å². The lowest BCUT2D eigenvalue weighted by Gasteiger charge is -2.32. The number of hydrogen-bond donors (Lipinski definition) is 1. The average molecular weight is 305 g/mol. The zero-order chi connectivity index (χ0) is 12.3. The van der Waals surface area contributed by atoms with E-state index in [1.54, 1.807) is 0 Å². The third kappa shape index (κ3) is 3.84. The Balaban J connectivity index is 2.41. The zero-order valence-electron chi connectivity index (χ0n) is 10.7. The first-order valence-corrected chi connectivity index (χ1v) is 7.07. The fourth-order valence-corrected chi connectivity index (χ4v) is 2.83. The first-order chi connectivity index (χ1) is 7.33. The standard InChI is InChI=1S/C12H21BrN2S/c1-9-11(13)6-10(16-9)7-14-8-12(2,3)15(4)5/h6,14H,7-8H2,1-5H3. The predicted molar refractivity (Wildman–Crippen MR) is 76.2 cm³/mol. The van der Waals surface area contributed by atoms with Gasteiger partial charge in [0.15, 0.2) is 0 Å². The first kappa shape index (κ1) is 14.2. The van der Waals surface area contributed by atoms with Crippen molar-refractivity contribution in [3.05, 3.63) is 20.3 Å². The minimum Gasteiger partial charge on any atom is -0.310 e. The average Bonchev–Trinajstić information content (AvgIpc) is 2.45. The Kier molecular flexibility index (Phi) is 4.98. The van der Waals surface area contributed by atoms with Crippen LogP contribution in [-0.4, -0.2) is 31.1 Å². The minimum atomic E-state index is 0.198. The fourth-order valence-electron chi connectivity index (χ4n) is 1.25. The summed E-state index contributed by atoms with van der Waals surface area (Å²) in [5.41, 5.74) is 0.198. The summed E-state index contributed by atoms with van der Waals surface area (Å²) >= 11 is 5.40. The number of likely N-dealkylation sites (N-methyl/N-ethyl adjacent to an activating group) is 1. The van der Waals surface area contributed by atoms with Crippen molar-refractivity contribution in [1.29, 1.82) is 0 Å². The second kappa shape index (κ2) is 5.63. The van der Waals surface area contributed by atoms with Crippen LogP contribution in [0.3, 0.4) is 0 Å². The summed E-state index contributed by atoms with van der Waals surface area (Å²) in [6.45, 7) is 8.58. The van der Waals surface area contributed by atoms with Gasteiger partial charge in [-0.15, -0.1) is 11.3 Å². The molecule has 0 aliphatic rings. The lowest BCUT2D eigenvalue weighted by Crippen LogP contribution is -2.46. The van der Waals surface area contributed by atoms with Crippen LogP contribution in [0.2, 0.25) is 0 Å². The maximum atomic E-state index is 3.55. The Bertz CT molecular complexity index is 325. The highest BCUT2D eigenvalue weighted by Crippen LogP contribution is 2.26. The quantitative estimate of drug-likeness (QED) is 0.898. The molecule has 0 aliphatic carbocycles. The van der Waals surface area contributed by atoms with Gasteiger partial charge in [0.1, 0.15) is 0 Å². The Hall–Kier alpha value is 0.100. The van der Waals surface area contributed by atoms with Gasteiger partial charge in [-0.2, -0.15) is 0 Å². The highest BCUT2D eigenvalue weighted by molar-refractivity contribution is 9.10. The number of aryl methyl sites for hydroxylation is 1. The van der Waals surface area contributed by atoms with Crippen LogP contribution in [0.5, 0.6) is 0 Å². The lowest BCUT2D eigenvalue weighted by molar-refractivity contribution is 0.190. The van der Waals surface area contributed by atoms with Crippen LogP contribution in [-0.2, 0) is 6.54 Å². The Morgan fingerprint density at radius 1 is 1.44 bits per heavy atom. The minimum absolute atomic E-state index is 0.198. The lowest BCUT2D eigenvalue weighted by atomic mass is 10.0. The highest BCUT2D eigenvalue weighted by Gasteiger charge is 2.19. The maximum absolute atomic E-state index is 3.55. The van der Waals surface area contributed by atoms with E-state index in [0.717, 1.165) is 13.1 Å². The van der Waals surface area contributed by atoms with Gasteiger partial charge in [0.25, 0.3) is 0 Å². The van der Waals surface area contributed by atoms with Crippen molar-refractivity contribution in [3.8, 4) is 0 Å². The molecule has 0 aliphatic heterocycles. The van der Waals surface area contributed by atoms with Crippen LogP contribution in [0.25, 0.3) is 0 Å². The molecule has 0 aromatic carbocycles. The molecule has 1 N–H and O–H groups in total. The van der Waals surface area contributed by atoms with Crippen LogP contribution in [0.1, 0.15) is 23.6 Å². The summed E-state index contributed by atoms with van der Waals surface area (Å²) in [6, 6.07) is 2.20. The van der Waals surface area contributed by atoms with Gasteiger partial charge in [0.05, 0.1) is 0 Å². The number of thiophene rings is 1. The van der Waals surface area contributed by atoms with Crippen molar-refractivity contribution in [2.75, 3.05) is 20.6 Å². The summed E-state index contributed by atoms with van der Waals surface area (Å²) in [4.78, 5) is 4.98. The second-order valence-corrected chi connectivity index (χ2v) is 7.12. The predicted octanol–water partition coefficient (Wildman–Crippen LogP) is 3.25. The van der Waals surface area contributed by atoms with Crippen molar-refractivity contribution >= 4 is 27.3 Å². The van der Waals surface area contributed by atoms with Gasteiger partial charge in [0, 0.05) is 32.9 Å². The number of nitrogens with one attached hydrogen (secondary N) is 1. The van der Waals surface area contributed by atoms with E-state index in [-0.39, 0.29) is 5.54 Å². The number of rotatable bonds is 5. The molecule has 92 valence electrons. The number of nitrogens with zero attached hydrogens (tertiary/aromatic N) is 1. The molecule has 2 nitrogen and oxygen atoms in total. The summed E-state index contributed by atoms with van der Waals surface area (Å²) in [5, 5.41) is 3.51. The molecule has 0 saturated heterocycles. The molecule has 0 amide bonds. The van der Waals surface area contributed by atoms with Crippen LogP contribution in [0.15, 0.2) is 10.5 Å². The number of hydrogen-bond acceptors (Lipinski definition) is 3. The van der Waals surface area contributed by atoms with E-state index in [9.17, 15) is 0 Å². The van der Waals surface area contributed by atoms with Crippen LogP contribution in [0.4, 0.5) is 0 Å². The van der Waals surface area contributed by atoms with E-state index >= 15 is 0 Å². The van der Waals surface area contributed by atoms with E-state index < -0.39 is 0 Å². The fraction of sp³-hybridized carbons (Fsp3) is 0.667. The normalized spacial score (nSPS) is 12.4. The van der Waals surface area contributed by atoms with Gasteiger partial charge in [0.2, 0.25) is 0 Å². The zero-order valence-corrected chi connectivity index (χ0v) is 13.1. The first-order valence-electron chi connectivity index (χ1n) is 5.46. The van der Waals surface area contributed by atoms with Gasteiger partial charge in [-0.25, -0.2) is 0 Å². The molecule has 1 rings (SSSR count). The molecule has 1 heterocycles. The smallest absolute Gasteiger partial charge is 0.0314 e. The number of halogens is 1. The van der Waals surface area contributed by atoms with Crippen molar-refractivity contribution in [3.63, 3.8) is 0 Å². The molecule has 4 heteroatoms. The summed E-state index contributed by atoms with van der Waals surface area (Å²) in [5.74, 6) is 0.